The summed E-state index contributed by atoms with van der Waals surface area (Å²) in [4.78, 5) is 13.9. The molecule has 0 aliphatic heterocycles. The van der Waals surface area contributed by atoms with Crippen molar-refractivity contribution in [3.05, 3.63) is 21.4 Å². The van der Waals surface area contributed by atoms with Gasteiger partial charge in [-0.05, 0) is 30.9 Å². The van der Waals surface area contributed by atoms with Crippen molar-refractivity contribution < 1.29 is 9.90 Å². The number of rotatable bonds is 5. The van der Waals surface area contributed by atoms with Gasteiger partial charge in [0.2, 0.25) is 0 Å². The van der Waals surface area contributed by atoms with Crippen LogP contribution in [0.15, 0.2) is 6.07 Å². The Kier molecular flexibility index (Phi) is 5.15. The van der Waals surface area contributed by atoms with Crippen molar-refractivity contribution in [2.45, 2.75) is 40.2 Å². The number of carbonyl (C=O) groups excluding carboxylic acids is 1. The van der Waals surface area contributed by atoms with E-state index < -0.39 is 0 Å². The van der Waals surface area contributed by atoms with E-state index in [1.165, 1.54) is 21.8 Å². The van der Waals surface area contributed by atoms with Gasteiger partial charge in [0.1, 0.15) is 0 Å². The lowest BCUT2D eigenvalue weighted by Gasteiger charge is -2.19. The van der Waals surface area contributed by atoms with Crippen LogP contribution >= 0.6 is 11.3 Å². The Balaban J connectivity index is 2.75. The second-order valence-corrected chi connectivity index (χ2v) is 5.81. The van der Waals surface area contributed by atoms with Crippen molar-refractivity contribution in [3.8, 4) is 0 Å². The third-order valence-corrected chi connectivity index (χ3v) is 4.03. The maximum atomic E-state index is 12.0. The molecular weight excluding hydrogens is 234 g/mol. The molecule has 0 saturated carbocycles. The summed E-state index contributed by atoms with van der Waals surface area (Å²) in [5, 5.41) is 12.1. The number of aliphatic hydroxyl groups is 1. The molecule has 1 rings (SSSR count). The van der Waals surface area contributed by atoms with Crippen molar-refractivity contribution in [2.24, 2.45) is 5.92 Å². The molecule has 1 amide bonds. The van der Waals surface area contributed by atoms with E-state index in [4.69, 9.17) is 0 Å². The predicted octanol–water partition coefficient (Wildman–Crippen LogP) is 2.37. The first kappa shape index (κ1) is 14.2. The zero-order valence-electron chi connectivity index (χ0n) is 10.9. The molecule has 0 saturated heterocycles. The average Bonchev–Trinajstić information content (AvgIpc) is 2.66. The molecule has 4 heteroatoms. The minimum atomic E-state index is -0.171. The first-order chi connectivity index (χ1) is 7.99. The van der Waals surface area contributed by atoms with Crippen LogP contribution in [0.25, 0.3) is 0 Å². The van der Waals surface area contributed by atoms with Crippen LogP contribution in [-0.4, -0.2) is 23.7 Å². The van der Waals surface area contributed by atoms with Gasteiger partial charge in [-0.3, -0.25) is 4.79 Å². The van der Waals surface area contributed by atoms with E-state index in [1.54, 1.807) is 0 Å². The second-order valence-electron chi connectivity index (χ2n) is 4.55. The van der Waals surface area contributed by atoms with E-state index in [2.05, 4.69) is 12.2 Å². The maximum absolute atomic E-state index is 12.0. The topological polar surface area (TPSA) is 49.3 Å². The molecule has 0 aliphatic rings. The normalized spacial score (nSPS) is 12.8. The van der Waals surface area contributed by atoms with E-state index in [9.17, 15) is 9.90 Å². The third-order valence-electron chi connectivity index (χ3n) is 2.94. The molecule has 0 fully saturated rings. The third kappa shape index (κ3) is 3.54. The SMILES string of the molecule is CCc1cc(C(=O)NC(CO)C(C)C)sc1C. The number of carbonyl (C=O) groups is 1. The molecular formula is C13H21NO2S. The van der Waals surface area contributed by atoms with Crippen molar-refractivity contribution in [3.63, 3.8) is 0 Å². The zero-order chi connectivity index (χ0) is 13.0. The molecule has 0 radical (unpaired) electrons. The van der Waals surface area contributed by atoms with Crippen LogP contribution < -0.4 is 5.32 Å². The Morgan fingerprint density at radius 2 is 2.18 bits per heavy atom. The van der Waals surface area contributed by atoms with Crippen LogP contribution in [0.3, 0.4) is 0 Å². The quantitative estimate of drug-likeness (QED) is 0.848. The number of hydrogen-bond acceptors (Lipinski definition) is 3. The highest BCUT2D eigenvalue weighted by Crippen LogP contribution is 2.22. The number of hydrogen-bond donors (Lipinski definition) is 2. The van der Waals surface area contributed by atoms with Crippen molar-refractivity contribution >= 4 is 17.2 Å². The average molecular weight is 255 g/mol. The fraction of sp³-hybridized carbons (Fsp3) is 0.615. The highest BCUT2D eigenvalue weighted by Gasteiger charge is 2.18. The highest BCUT2D eigenvalue weighted by molar-refractivity contribution is 7.14. The Hall–Kier alpha value is -0.870. The van der Waals surface area contributed by atoms with Crippen molar-refractivity contribution in [1.82, 2.24) is 5.32 Å². The Labute approximate surface area is 107 Å². The fourth-order valence-electron chi connectivity index (χ4n) is 1.65. The lowest BCUT2D eigenvalue weighted by Crippen LogP contribution is -2.40. The van der Waals surface area contributed by atoms with E-state index in [0.29, 0.717) is 0 Å². The van der Waals surface area contributed by atoms with Crippen LogP contribution in [0.1, 0.15) is 40.9 Å². The summed E-state index contributed by atoms with van der Waals surface area (Å²) >= 11 is 1.52. The molecule has 96 valence electrons. The number of aryl methyl sites for hydroxylation is 2. The minimum Gasteiger partial charge on any atom is -0.394 e. The van der Waals surface area contributed by atoms with Crippen LogP contribution in [0.2, 0.25) is 0 Å². The Morgan fingerprint density at radius 1 is 1.53 bits per heavy atom. The molecule has 2 N–H and O–H groups in total. The zero-order valence-corrected chi connectivity index (χ0v) is 11.7. The number of nitrogens with one attached hydrogen (secondary N) is 1. The molecule has 0 spiro atoms. The molecule has 1 aromatic rings. The van der Waals surface area contributed by atoms with Gasteiger partial charge in [-0.15, -0.1) is 11.3 Å². The molecule has 1 aromatic heterocycles. The smallest absolute Gasteiger partial charge is 0.261 e. The van der Waals surface area contributed by atoms with Gasteiger partial charge >= 0.3 is 0 Å². The summed E-state index contributed by atoms with van der Waals surface area (Å²) in [5.74, 6) is 0.154. The summed E-state index contributed by atoms with van der Waals surface area (Å²) in [6, 6.07) is 1.78. The lowest BCUT2D eigenvalue weighted by atomic mass is 10.1. The van der Waals surface area contributed by atoms with Crippen LogP contribution in [0.5, 0.6) is 0 Å². The van der Waals surface area contributed by atoms with Crippen molar-refractivity contribution in [2.75, 3.05) is 6.61 Å². The summed E-state index contributed by atoms with van der Waals surface area (Å²) < 4.78 is 0. The molecule has 3 nitrogen and oxygen atoms in total. The molecule has 1 atom stereocenters. The molecule has 0 aromatic carbocycles. The highest BCUT2D eigenvalue weighted by atomic mass is 32.1. The van der Waals surface area contributed by atoms with Gasteiger partial charge in [-0.2, -0.15) is 0 Å². The summed E-state index contributed by atoms with van der Waals surface area (Å²) in [6.07, 6.45) is 0.948. The fourth-order valence-corrected chi connectivity index (χ4v) is 2.66. The molecule has 1 unspecified atom stereocenters. The van der Waals surface area contributed by atoms with Gasteiger partial charge in [0.05, 0.1) is 17.5 Å². The van der Waals surface area contributed by atoms with Gasteiger partial charge in [0.15, 0.2) is 0 Å². The van der Waals surface area contributed by atoms with E-state index >= 15 is 0 Å². The van der Waals surface area contributed by atoms with Gasteiger partial charge < -0.3 is 10.4 Å². The minimum absolute atomic E-state index is 0.0194. The molecule has 17 heavy (non-hydrogen) atoms. The van der Waals surface area contributed by atoms with E-state index in [0.717, 1.165) is 11.3 Å². The van der Waals surface area contributed by atoms with Crippen molar-refractivity contribution in [1.29, 1.82) is 0 Å². The Morgan fingerprint density at radius 3 is 2.59 bits per heavy atom. The summed E-state index contributed by atoms with van der Waals surface area (Å²) in [5.41, 5.74) is 1.23. The van der Waals surface area contributed by atoms with E-state index in [1.807, 2.05) is 26.8 Å². The second kappa shape index (κ2) is 6.17. The first-order valence-electron chi connectivity index (χ1n) is 6.00. The maximum Gasteiger partial charge on any atom is 0.261 e. The van der Waals surface area contributed by atoms with Gasteiger partial charge in [-0.25, -0.2) is 0 Å². The summed E-state index contributed by atoms with van der Waals surface area (Å²) in [6.45, 7) is 8.07. The largest absolute Gasteiger partial charge is 0.394 e. The lowest BCUT2D eigenvalue weighted by molar-refractivity contribution is 0.0901. The van der Waals surface area contributed by atoms with Crippen LogP contribution in [0, 0.1) is 12.8 Å². The van der Waals surface area contributed by atoms with Gasteiger partial charge in [0, 0.05) is 4.88 Å². The molecule has 0 bridgehead atoms. The van der Waals surface area contributed by atoms with Gasteiger partial charge in [0.25, 0.3) is 5.91 Å². The number of thiophene rings is 1. The van der Waals surface area contributed by atoms with Crippen LogP contribution in [-0.2, 0) is 6.42 Å². The predicted molar refractivity (Wildman–Crippen MR) is 71.6 cm³/mol. The monoisotopic (exact) mass is 255 g/mol. The molecule has 0 aliphatic carbocycles. The number of aliphatic hydroxyl groups excluding tert-OH is 1. The van der Waals surface area contributed by atoms with Gasteiger partial charge in [-0.1, -0.05) is 20.8 Å². The first-order valence-corrected chi connectivity index (χ1v) is 6.82. The molecule has 1 heterocycles. The Bertz CT molecular complexity index is 385. The van der Waals surface area contributed by atoms with Crippen LogP contribution in [0.4, 0.5) is 0 Å². The standard InChI is InChI=1S/C13H21NO2S/c1-5-10-6-12(17-9(10)4)13(16)14-11(7-15)8(2)3/h6,8,11,15H,5,7H2,1-4H3,(H,14,16). The van der Waals surface area contributed by atoms with E-state index in [-0.39, 0.29) is 24.5 Å². The summed E-state index contributed by atoms with van der Waals surface area (Å²) in [7, 11) is 0. The number of amides is 1.